The molecule has 0 aliphatic heterocycles. The summed E-state index contributed by atoms with van der Waals surface area (Å²) in [4.78, 5) is 0. The second kappa shape index (κ2) is 4.87. The van der Waals surface area contributed by atoms with Crippen molar-refractivity contribution in [1.29, 1.82) is 0 Å². The van der Waals surface area contributed by atoms with Gasteiger partial charge in [-0.2, -0.15) is 0 Å². The summed E-state index contributed by atoms with van der Waals surface area (Å²) >= 11 is 6.77. The molecule has 0 aromatic heterocycles. The van der Waals surface area contributed by atoms with Gasteiger partial charge in [0.2, 0.25) is 4.38 Å². The fraction of sp³-hybridized carbons (Fsp3) is 0.941. The van der Waals surface area contributed by atoms with Gasteiger partial charge in [0.15, 0.2) is 0 Å². The van der Waals surface area contributed by atoms with Crippen molar-refractivity contribution in [3.05, 3.63) is 0 Å². The minimum Gasteiger partial charge on any atom is -0.478 e. The number of fused-ring (bicyclic) bond motifs is 9. The molecule has 4 saturated carbocycles. The summed E-state index contributed by atoms with van der Waals surface area (Å²) in [5.41, 5.74) is 0. The molecule has 20 heavy (non-hydrogen) atoms. The first-order valence-corrected chi connectivity index (χ1v) is 9.95. The van der Waals surface area contributed by atoms with E-state index in [1.54, 1.807) is 18.2 Å². The Morgan fingerprint density at radius 1 is 1.05 bits per heavy atom. The molecular formula is C17H26OS2. The van der Waals surface area contributed by atoms with Crippen LogP contribution in [0.5, 0.6) is 0 Å². The van der Waals surface area contributed by atoms with Crippen LogP contribution in [-0.4, -0.2) is 17.2 Å². The zero-order valence-corrected chi connectivity index (χ0v) is 14.4. The normalized spacial score (nSPS) is 55.2. The highest BCUT2D eigenvalue weighted by Gasteiger charge is 2.65. The van der Waals surface area contributed by atoms with E-state index in [0.717, 1.165) is 64.3 Å². The van der Waals surface area contributed by atoms with Gasteiger partial charge in [-0.25, -0.2) is 0 Å². The molecule has 0 spiro atoms. The van der Waals surface area contributed by atoms with Crippen LogP contribution in [0.2, 0.25) is 0 Å². The molecule has 112 valence electrons. The monoisotopic (exact) mass is 310 g/mol. The molecule has 0 saturated heterocycles. The summed E-state index contributed by atoms with van der Waals surface area (Å²) in [5.74, 6) is 8.95. The fourth-order valence-electron chi connectivity index (χ4n) is 6.79. The molecule has 0 aromatic rings. The van der Waals surface area contributed by atoms with E-state index in [1.807, 2.05) is 6.26 Å². The lowest BCUT2D eigenvalue weighted by Crippen LogP contribution is -2.39. The van der Waals surface area contributed by atoms with Gasteiger partial charge in [0.1, 0.15) is 0 Å². The molecule has 0 heterocycles. The van der Waals surface area contributed by atoms with Gasteiger partial charge >= 0.3 is 0 Å². The molecule has 0 aromatic carbocycles. The SMILES string of the molecule is CSC(=S)OCC1CC2CC1C1C3CC(C(C)C3C)C21. The molecule has 0 radical (unpaired) electrons. The molecule has 0 N–H and O–H groups in total. The second-order valence-electron chi connectivity index (χ2n) is 7.86. The van der Waals surface area contributed by atoms with Crippen molar-refractivity contribution < 1.29 is 4.74 Å². The Morgan fingerprint density at radius 3 is 2.45 bits per heavy atom. The molecule has 4 fully saturated rings. The molecular weight excluding hydrogens is 284 g/mol. The van der Waals surface area contributed by atoms with Crippen LogP contribution < -0.4 is 0 Å². The quantitative estimate of drug-likeness (QED) is 0.550. The molecule has 9 unspecified atom stereocenters. The zero-order valence-electron chi connectivity index (χ0n) is 12.7. The van der Waals surface area contributed by atoms with Gasteiger partial charge < -0.3 is 4.74 Å². The summed E-state index contributed by atoms with van der Waals surface area (Å²) in [6.07, 6.45) is 6.48. The van der Waals surface area contributed by atoms with E-state index in [-0.39, 0.29) is 0 Å². The maximum absolute atomic E-state index is 5.80. The lowest BCUT2D eigenvalue weighted by atomic mass is 9.62. The number of rotatable bonds is 2. The van der Waals surface area contributed by atoms with Gasteiger partial charge in [-0.1, -0.05) is 25.6 Å². The lowest BCUT2D eigenvalue weighted by Gasteiger charge is -2.43. The van der Waals surface area contributed by atoms with Gasteiger partial charge in [0.05, 0.1) is 6.61 Å². The summed E-state index contributed by atoms with van der Waals surface area (Å²) in [7, 11) is 0. The molecule has 4 bridgehead atoms. The first-order valence-electron chi connectivity index (χ1n) is 8.32. The van der Waals surface area contributed by atoms with Gasteiger partial charge in [-0.15, -0.1) is 0 Å². The van der Waals surface area contributed by atoms with Crippen LogP contribution in [0.3, 0.4) is 0 Å². The molecule has 4 aliphatic carbocycles. The number of hydrogen-bond acceptors (Lipinski definition) is 3. The van der Waals surface area contributed by atoms with Crippen molar-refractivity contribution in [2.24, 2.45) is 53.3 Å². The minimum absolute atomic E-state index is 0.735. The van der Waals surface area contributed by atoms with Crippen LogP contribution in [0.25, 0.3) is 0 Å². The van der Waals surface area contributed by atoms with E-state index < -0.39 is 0 Å². The third kappa shape index (κ3) is 1.78. The largest absolute Gasteiger partial charge is 0.478 e. The summed E-state index contributed by atoms with van der Waals surface area (Å²) in [6.45, 7) is 5.94. The first kappa shape index (κ1) is 13.9. The highest BCUT2D eigenvalue weighted by molar-refractivity contribution is 8.22. The second-order valence-corrected chi connectivity index (χ2v) is 9.27. The number of thiocarbonyl (C=S) groups is 1. The van der Waals surface area contributed by atoms with Crippen molar-refractivity contribution in [1.82, 2.24) is 0 Å². The predicted molar refractivity (Wildman–Crippen MR) is 88.7 cm³/mol. The Kier molecular flexibility index (Phi) is 3.38. The van der Waals surface area contributed by atoms with E-state index in [2.05, 4.69) is 13.8 Å². The number of thioether (sulfide) groups is 1. The van der Waals surface area contributed by atoms with Gasteiger partial charge in [0.25, 0.3) is 0 Å². The average molecular weight is 311 g/mol. The van der Waals surface area contributed by atoms with Crippen LogP contribution in [0.1, 0.15) is 33.1 Å². The van der Waals surface area contributed by atoms with Gasteiger partial charge in [-0.3, -0.25) is 0 Å². The zero-order chi connectivity index (χ0) is 14.0. The molecule has 4 rings (SSSR count). The van der Waals surface area contributed by atoms with Crippen molar-refractivity contribution in [3.8, 4) is 0 Å². The van der Waals surface area contributed by atoms with Crippen LogP contribution in [0.4, 0.5) is 0 Å². The Balaban J connectivity index is 1.47. The predicted octanol–water partition coefficient (Wildman–Crippen LogP) is 4.46. The van der Waals surface area contributed by atoms with E-state index in [9.17, 15) is 0 Å². The average Bonchev–Trinajstić information content (AvgIpc) is 3.16. The van der Waals surface area contributed by atoms with Crippen molar-refractivity contribution in [2.75, 3.05) is 12.9 Å². The van der Waals surface area contributed by atoms with Crippen molar-refractivity contribution in [3.63, 3.8) is 0 Å². The Bertz CT molecular complexity index is 423. The molecule has 0 amide bonds. The first-order chi connectivity index (χ1) is 9.61. The number of ether oxygens (including phenoxy) is 1. The molecule has 4 aliphatic rings. The maximum Gasteiger partial charge on any atom is 0.219 e. The van der Waals surface area contributed by atoms with Crippen molar-refractivity contribution in [2.45, 2.75) is 33.1 Å². The van der Waals surface area contributed by atoms with E-state index in [0.29, 0.717) is 0 Å². The molecule has 1 nitrogen and oxygen atoms in total. The fourth-order valence-corrected chi connectivity index (χ4v) is 7.04. The van der Waals surface area contributed by atoms with E-state index in [4.69, 9.17) is 17.0 Å². The third-order valence-electron chi connectivity index (χ3n) is 7.56. The van der Waals surface area contributed by atoms with Crippen molar-refractivity contribution >= 4 is 28.4 Å². The van der Waals surface area contributed by atoms with Crippen LogP contribution >= 0.6 is 24.0 Å². The minimum atomic E-state index is 0.735. The molecule has 9 atom stereocenters. The third-order valence-corrected chi connectivity index (χ3v) is 8.63. The molecule has 3 heteroatoms. The number of hydrogen-bond donors (Lipinski definition) is 0. The van der Waals surface area contributed by atoms with Gasteiger partial charge in [-0.05, 0) is 91.0 Å². The highest BCUT2D eigenvalue weighted by Crippen LogP contribution is 2.71. The van der Waals surface area contributed by atoms with E-state index in [1.165, 1.54) is 12.8 Å². The summed E-state index contributed by atoms with van der Waals surface area (Å²) in [6, 6.07) is 0. The topological polar surface area (TPSA) is 9.23 Å². The maximum atomic E-state index is 5.80. The smallest absolute Gasteiger partial charge is 0.219 e. The van der Waals surface area contributed by atoms with Gasteiger partial charge in [0, 0.05) is 0 Å². The van der Waals surface area contributed by atoms with E-state index >= 15 is 0 Å². The van der Waals surface area contributed by atoms with Crippen LogP contribution in [-0.2, 0) is 4.74 Å². The summed E-state index contributed by atoms with van der Waals surface area (Å²) in [5, 5.41) is 0. The standard InChI is InChI=1S/C17H26OS2/c1-8-9(2)13-6-12(8)15-10-4-11(7-18-17(19)20-3)14(5-10)16(13)15/h8-16H,4-7H2,1-3H3. The van der Waals surface area contributed by atoms with Crippen LogP contribution in [0, 0.1) is 53.3 Å². The highest BCUT2D eigenvalue weighted by atomic mass is 32.2. The lowest BCUT2D eigenvalue weighted by molar-refractivity contribution is 0.0323. The summed E-state index contributed by atoms with van der Waals surface area (Å²) < 4.78 is 6.53. The van der Waals surface area contributed by atoms with Crippen LogP contribution in [0.15, 0.2) is 0 Å². The Labute approximate surface area is 132 Å². The Morgan fingerprint density at radius 2 is 1.75 bits per heavy atom. The Hall–Kier alpha value is 0.240.